The fourth-order valence-electron chi connectivity index (χ4n) is 4.92. The van der Waals surface area contributed by atoms with Crippen molar-refractivity contribution < 1.29 is 9.90 Å². The van der Waals surface area contributed by atoms with E-state index >= 15 is 0 Å². The molecule has 1 N–H and O–H groups in total. The Morgan fingerprint density at radius 2 is 1.75 bits per heavy atom. The van der Waals surface area contributed by atoms with Crippen LogP contribution in [-0.2, 0) is 17.8 Å². The molecular formula is C23H29N3O2. The van der Waals surface area contributed by atoms with Crippen LogP contribution in [0, 0.1) is 11.3 Å². The molecule has 1 spiro atoms. The van der Waals surface area contributed by atoms with E-state index in [9.17, 15) is 9.90 Å². The molecule has 2 aliphatic heterocycles. The van der Waals surface area contributed by atoms with Crippen molar-refractivity contribution in [1.29, 1.82) is 0 Å². The number of aliphatic carboxylic acids is 1. The predicted octanol–water partition coefficient (Wildman–Crippen LogP) is 2.92. The minimum atomic E-state index is -0.621. The van der Waals surface area contributed by atoms with Crippen LogP contribution in [0.15, 0.2) is 54.9 Å². The molecule has 2 aliphatic rings. The number of hydrogen-bond donors (Lipinski definition) is 1. The standard InChI is InChI=1S/C23H29N3O2/c27-22(28)21-17-26(13-8-19-4-2-1-3-5-19)18-23(21)9-14-25(15-10-23)16-20-6-11-24-12-7-20/h1-7,11-12,21H,8-10,13-18H2,(H,27,28). The normalized spacial score (nSPS) is 22.5. The van der Waals surface area contributed by atoms with Gasteiger partial charge in [0.2, 0.25) is 0 Å². The summed E-state index contributed by atoms with van der Waals surface area (Å²) < 4.78 is 0. The summed E-state index contributed by atoms with van der Waals surface area (Å²) in [4.78, 5) is 20.9. The number of likely N-dealkylation sites (tertiary alicyclic amines) is 2. The quantitative estimate of drug-likeness (QED) is 0.836. The number of rotatable bonds is 6. The summed E-state index contributed by atoms with van der Waals surface area (Å²) in [5.74, 6) is -0.865. The number of carbonyl (C=O) groups is 1. The number of hydrogen-bond acceptors (Lipinski definition) is 4. The maximum atomic E-state index is 12.0. The summed E-state index contributed by atoms with van der Waals surface area (Å²) in [5.41, 5.74) is 2.52. The Hall–Kier alpha value is -2.24. The lowest BCUT2D eigenvalue weighted by atomic mass is 9.71. The SMILES string of the molecule is O=C(O)C1CN(CCc2ccccc2)CC12CCN(Cc1ccncc1)CC2. The summed E-state index contributed by atoms with van der Waals surface area (Å²) in [6, 6.07) is 14.6. The van der Waals surface area contributed by atoms with Crippen LogP contribution >= 0.6 is 0 Å². The summed E-state index contributed by atoms with van der Waals surface area (Å²) in [7, 11) is 0. The van der Waals surface area contributed by atoms with Gasteiger partial charge >= 0.3 is 5.97 Å². The third kappa shape index (κ3) is 4.26. The molecule has 0 amide bonds. The molecule has 3 heterocycles. The molecule has 5 heteroatoms. The second-order valence-electron chi connectivity index (χ2n) is 8.36. The molecule has 2 fully saturated rings. The van der Waals surface area contributed by atoms with E-state index in [-0.39, 0.29) is 11.3 Å². The zero-order chi connectivity index (χ0) is 19.4. The zero-order valence-corrected chi connectivity index (χ0v) is 16.3. The Balaban J connectivity index is 1.36. The number of nitrogens with zero attached hydrogens (tertiary/aromatic N) is 3. The summed E-state index contributed by atoms with van der Waals surface area (Å²) in [6.07, 6.45) is 6.59. The van der Waals surface area contributed by atoms with Crippen LogP contribution < -0.4 is 0 Å². The third-order valence-electron chi connectivity index (χ3n) is 6.58. The van der Waals surface area contributed by atoms with Gasteiger partial charge in [-0.2, -0.15) is 0 Å². The first kappa shape index (κ1) is 19.1. The number of piperidine rings is 1. The van der Waals surface area contributed by atoms with Gasteiger partial charge in [-0.25, -0.2) is 0 Å². The molecule has 0 saturated carbocycles. The van der Waals surface area contributed by atoms with Crippen molar-refractivity contribution in [2.45, 2.75) is 25.8 Å². The predicted molar refractivity (Wildman–Crippen MR) is 109 cm³/mol. The van der Waals surface area contributed by atoms with Crippen LogP contribution in [-0.4, -0.2) is 58.6 Å². The van der Waals surface area contributed by atoms with Gasteiger partial charge in [-0.05, 0) is 55.6 Å². The van der Waals surface area contributed by atoms with Gasteiger partial charge in [0.1, 0.15) is 0 Å². The third-order valence-corrected chi connectivity index (χ3v) is 6.58. The van der Waals surface area contributed by atoms with Crippen LogP contribution in [0.4, 0.5) is 0 Å². The fourth-order valence-corrected chi connectivity index (χ4v) is 4.92. The van der Waals surface area contributed by atoms with Crippen molar-refractivity contribution in [1.82, 2.24) is 14.8 Å². The lowest BCUT2D eigenvalue weighted by Gasteiger charge is -2.41. The molecule has 2 aromatic rings. The topological polar surface area (TPSA) is 56.7 Å². The van der Waals surface area contributed by atoms with Crippen LogP contribution in [0.1, 0.15) is 24.0 Å². The molecule has 0 bridgehead atoms. The smallest absolute Gasteiger partial charge is 0.308 e. The highest BCUT2D eigenvalue weighted by molar-refractivity contribution is 5.72. The van der Waals surface area contributed by atoms with Gasteiger partial charge in [-0.1, -0.05) is 30.3 Å². The molecule has 0 aliphatic carbocycles. The van der Waals surface area contributed by atoms with Crippen LogP contribution in [0.25, 0.3) is 0 Å². The lowest BCUT2D eigenvalue weighted by molar-refractivity contribution is -0.145. The largest absolute Gasteiger partial charge is 0.481 e. The summed E-state index contributed by atoms with van der Waals surface area (Å²) in [6.45, 7) is 5.41. The highest BCUT2D eigenvalue weighted by Gasteiger charge is 2.51. The van der Waals surface area contributed by atoms with E-state index in [4.69, 9.17) is 0 Å². The van der Waals surface area contributed by atoms with Crippen molar-refractivity contribution in [2.24, 2.45) is 11.3 Å². The van der Waals surface area contributed by atoms with Crippen LogP contribution in [0.2, 0.25) is 0 Å². The monoisotopic (exact) mass is 379 g/mol. The fraction of sp³-hybridized carbons (Fsp3) is 0.478. The minimum Gasteiger partial charge on any atom is -0.481 e. The number of carboxylic acids is 1. The Bertz CT molecular complexity index is 773. The molecular weight excluding hydrogens is 350 g/mol. The summed E-state index contributed by atoms with van der Waals surface area (Å²) in [5, 5.41) is 9.89. The van der Waals surface area contributed by atoms with Gasteiger partial charge in [0.05, 0.1) is 5.92 Å². The molecule has 1 aromatic heterocycles. The van der Waals surface area contributed by atoms with Crippen LogP contribution in [0.3, 0.4) is 0 Å². The first-order valence-electron chi connectivity index (χ1n) is 10.2. The van der Waals surface area contributed by atoms with Gasteiger partial charge in [0.25, 0.3) is 0 Å². The summed E-state index contributed by atoms with van der Waals surface area (Å²) >= 11 is 0. The molecule has 5 nitrogen and oxygen atoms in total. The molecule has 4 rings (SSSR count). The van der Waals surface area contributed by atoms with E-state index in [1.54, 1.807) is 0 Å². The lowest BCUT2D eigenvalue weighted by Crippen LogP contribution is -2.45. The molecule has 1 atom stereocenters. The van der Waals surface area contributed by atoms with Gasteiger partial charge in [-0.3, -0.25) is 14.7 Å². The van der Waals surface area contributed by atoms with E-state index in [2.05, 4.69) is 51.2 Å². The van der Waals surface area contributed by atoms with E-state index in [1.807, 2.05) is 18.5 Å². The molecule has 0 radical (unpaired) electrons. The number of carboxylic acid groups (broad SMARTS) is 1. The average molecular weight is 380 g/mol. The van der Waals surface area contributed by atoms with E-state index in [0.717, 1.165) is 52.0 Å². The highest BCUT2D eigenvalue weighted by Crippen LogP contribution is 2.45. The van der Waals surface area contributed by atoms with Crippen molar-refractivity contribution >= 4 is 5.97 Å². The Morgan fingerprint density at radius 1 is 1.04 bits per heavy atom. The number of pyridine rings is 1. The number of benzene rings is 1. The number of aromatic nitrogens is 1. The Morgan fingerprint density at radius 3 is 2.43 bits per heavy atom. The van der Waals surface area contributed by atoms with E-state index in [0.29, 0.717) is 6.54 Å². The van der Waals surface area contributed by atoms with Gasteiger partial charge in [-0.15, -0.1) is 0 Å². The van der Waals surface area contributed by atoms with Gasteiger partial charge in [0.15, 0.2) is 0 Å². The second-order valence-corrected chi connectivity index (χ2v) is 8.36. The van der Waals surface area contributed by atoms with E-state index in [1.165, 1.54) is 11.1 Å². The molecule has 1 unspecified atom stereocenters. The van der Waals surface area contributed by atoms with Gasteiger partial charge < -0.3 is 10.0 Å². The van der Waals surface area contributed by atoms with Crippen molar-refractivity contribution in [3.63, 3.8) is 0 Å². The molecule has 28 heavy (non-hydrogen) atoms. The van der Waals surface area contributed by atoms with Gasteiger partial charge in [0, 0.05) is 44.0 Å². The first-order valence-corrected chi connectivity index (χ1v) is 10.2. The second kappa shape index (κ2) is 8.41. The Kier molecular flexibility index (Phi) is 5.74. The van der Waals surface area contributed by atoms with Crippen molar-refractivity contribution in [3.8, 4) is 0 Å². The van der Waals surface area contributed by atoms with Crippen LogP contribution in [0.5, 0.6) is 0 Å². The molecule has 148 valence electrons. The van der Waals surface area contributed by atoms with Crippen molar-refractivity contribution in [2.75, 3.05) is 32.7 Å². The van der Waals surface area contributed by atoms with Crippen molar-refractivity contribution in [3.05, 3.63) is 66.0 Å². The van der Waals surface area contributed by atoms with E-state index < -0.39 is 5.97 Å². The minimum absolute atomic E-state index is 0.0722. The maximum Gasteiger partial charge on any atom is 0.308 e. The highest BCUT2D eigenvalue weighted by atomic mass is 16.4. The molecule has 1 aromatic carbocycles. The maximum absolute atomic E-state index is 12.0. The average Bonchev–Trinajstić information content (AvgIpc) is 3.08. The molecule has 2 saturated heterocycles. The Labute approximate surface area is 167 Å². The zero-order valence-electron chi connectivity index (χ0n) is 16.3. The first-order chi connectivity index (χ1) is 13.6.